The Balaban J connectivity index is 1.64. The summed E-state index contributed by atoms with van der Waals surface area (Å²) in [4.78, 5) is 26.1. The largest absolute Gasteiger partial charge is 0.457 e. The molecule has 30 heavy (non-hydrogen) atoms. The average Bonchev–Trinajstić information content (AvgIpc) is 2.75. The summed E-state index contributed by atoms with van der Waals surface area (Å²) in [6.45, 7) is 8.18. The van der Waals surface area contributed by atoms with E-state index in [0.29, 0.717) is 36.6 Å². The van der Waals surface area contributed by atoms with Crippen molar-refractivity contribution in [2.45, 2.75) is 38.3 Å². The van der Waals surface area contributed by atoms with Gasteiger partial charge in [0.2, 0.25) is 0 Å². The molecular weight excluding hydrogens is 382 g/mol. The van der Waals surface area contributed by atoms with Crippen molar-refractivity contribution in [2.75, 3.05) is 26.3 Å². The second-order valence-corrected chi connectivity index (χ2v) is 8.41. The monoisotopic (exact) mass is 411 g/mol. The number of Topliss-reactive ketones (excluding diaryl/α,β-unsaturated/α-hetero) is 1. The van der Waals surface area contributed by atoms with E-state index in [2.05, 4.69) is 4.90 Å². The molecule has 3 rings (SSSR count). The zero-order chi connectivity index (χ0) is 21.8. The summed E-state index contributed by atoms with van der Waals surface area (Å²) in [5.41, 5.74) is -0.485. The molecule has 6 heteroatoms. The summed E-state index contributed by atoms with van der Waals surface area (Å²) in [6, 6.07) is 14.4. The number of rotatable bonds is 8. The zero-order valence-corrected chi connectivity index (χ0v) is 17.8. The number of morpholine rings is 1. The Labute approximate surface area is 177 Å². The molecule has 1 unspecified atom stereocenters. The predicted molar refractivity (Wildman–Crippen MR) is 114 cm³/mol. The van der Waals surface area contributed by atoms with Crippen LogP contribution in [0.2, 0.25) is 0 Å². The first kappa shape index (κ1) is 22.2. The smallest absolute Gasteiger partial charge is 0.182 e. The molecular formula is C24H29NO5. The quantitative estimate of drug-likeness (QED) is 0.531. The molecule has 0 amide bonds. The number of carbonyl (C=O) groups is 2. The van der Waals surface area contributed by atoms with E-state index in [4.69, 9.17) is 9.47 Å². The van der Waals surface area contributed by atoms with Crippen LogP contribution in [0.3, 0.4) is 0 Å². The predicted octanol–water partition coefficient (Wildman–Crippen LogP) is 3.26. The molecule has 2 aromatic carbocycles. The molecule has 1 atom stereocenters. The van der Waals surface area contributed by atoms with Gasteiger partial charge < -0.3 is 19.4 Å². The van der Waals surface area contributed by atoms with Gasteiger partial charge in [0.25, 0.3) is 0 Å². The van der Waals surface area contributed by atoms with Gasteiger partial charge >= 0.3 is 0 Å². The van der Waals surface area contributed by atoms with Crippen LogP contribution in [0.25, 0.3) is 0 Å². The SMILES string of the molecule is CC(O)(C=O)Cc1ccc(Oc2ccc(C(=O)C(C)(C)N3CCOCC3)cc2)cc1. The van der Waals surface area contributed by atoms with Gasteiger partial charge in [-0.2, -0.15) is 0 Å². The van der Waals surface area contributed by atoms with E-state index in [1.54, 1.807) is 36.4 Å². The summed E-state index contributed by atoms with van der Waals surface area (Å²) < 4.78 is 11.2. The standard InChI is InChI=1S/C24H29NO5/c1-23(2,25-12-14-29-15-13-25)22(27)19-6-10-21(11-7-19)30-20-8-4-18(5-9-20)16-24(3,28)17-26/h4-11,17,28H,12-16H2,1-3H3. The molecule has 160 valence electrons. The van der Waals surface area contributed by atoms with Crippen LogP contribution in [-0.4, -0.2) is 59.5 Å². The molecule has 0 aliphatic carbocycles. The number of nitrogens with zero attached hydrogens (tertiary/aromatic N) is 1. The van der Waals surface area contributed by atoms with Crippen LogP contribution < -0.4 is 4.74 Å². The van der Waals surface area contributed by atoms with Gasteiger partial charge in [-0.05, 0) is 62.7 Å². The first-order valence-corrected chi connectivity index (χ1v) is 10.1. The highest BCUT2D eigenvalue weighted by atomic mass is 16.5. The number of hydrogen-bond acceptors (Lipinski definition) is 6. The first-order chi connectivity index (χ1) is 14.2. The molecule has 1 heterocycles. The third kappa shape index (κ3) is 5.33. The summed E-state index contributed by atoms with van der Waals surface area (Å²) in [5.74, 6) is 1.34. The van der Waals surface area contributed by atoms with Crippen molar-refractivity contribution in [3.63, 3.8) is 0 Å². The second kappa shape index (κ2) is 9.08. The van der Waals surface area contributed by atoms with Crippen LogP contribution in [0.15, 0.2) is 48.5 Å². The highest BCUT2D eigenvalue weighted by Gasteiger charge is 2.35. The van der Waals surface area contributed by atoms with E-state index < -0.39 is 11.1 Å². The maximum atomic E-state index is 13.0. The van der Waals surface area contributed by atoms with Crippen molar-refractivity contribution in [2.24, 2.45) is 0 Å². The summed E-state index contributed by atoms with van der Waals surface area (Å²) in [5, 5.41) is 9.86. The van der Waals surface area contributed by atoms with E-state index in [-0.39, 0.29) is 12.2 Å². The van der Waals surface area contributed by atoms with Crippen LogP contribution in [0.1, 0.15) is 36.7 Å². The summed E-state index contributed by atoms with van der Waals surface area (Å²) >= 11 is 0. The van der Waals surface area contributed by atoms with Crippen molar-refractivity contribution in [3.05, 3.63) is 59.7 Å². The highest BCUT2D eigenvalue weighted by Crippen LogP contribution is 2.26. The van der Waals surface area contributed by atoms with E-state index in [9.17, 15) is 14.7 Å². The number of benzene rings is 2. The third-order valence-corrected chi connectivity index (χ3v) is 5.45. The lowest BCUT2D eigenvalue weighted by molar-refractivity contribution is -0.122. The molecule has 6 nitrogen and oxygen atoms in total. The Morgan fingerprint density at radius 2 is 1.57 bits per heavy atom. The van der Waals surface area contributed by atoms with Crippen LogP contribution in [0, 0.1) is 0 Å². The summed E-state index contributed by atoms with van der Waals surface area (Å²) in [7, 11) is 0. The fourth-order valence-corrected chi connectivity index (χ4v) is 3.56. The highest BCUT2D eigenvalue weighted by molar-refractivity contribution is 6.02. The number of aliphatic hydroxyl groups is 1. The Morgan fingerprint density at radius 3 is 2.10 bits per heavy atom. The Hall–Kier alpha value is -2.54. The lowest BCUT2D eigenvalue weighted by atomic mass is 9.91. The normalized spacial score (nSPS) is 17.2. The zero-order valence-electron chi connectivity index (χ0n) is 17.8. The second-order valence-electron chi connectivity index (χ2n) is 8.41. The van der Waals surface area contributed by atoms with Crippen LogP contribution >= 0.6 is 0 Å². The Bertz CT molecular complexity index is 865. The number of aldehydes is 1. The third-order valence-electron chi connectivity index (χ3n) is 5.45. The van der Waals surface area contributed by atoms with Crippen molar-refractivity contribution < 1.29 is 24.2 Å². The molecule has 1 fully saturated rings. The fourth-order valence-electron chi connectivity index (χ4n) is 3.56. The van der Waals surface area contributed by atoms with E-state index in [1.165, 1.54) is 6.92 Å². The molecule has 0 spiro atoms. The van der Waals surface area contributed by atoms with Gasteiger partial charge in [-0.1, -0.05) is 12.1 Å². The van der Waals surface area contributed by atoms with Gasteiger partial charge in [0, 0.05) is 25.1 Å². The van der Waals surface area contributed by atoms with Crippen LogP contribution in [0.4, 0.5) is 0 Å². The Morgan fingerprint density at radius 1 is 1.03 bits per heavy atom. The molecule has 1 aliphatic heterocycles. The van der Waals surface area contributed by atoms with Gasteiger partial charge in [-0.25, -0.2) is 0 Å². The summed E-state index contributed by atoms with van der Waals surface area (Å²) in [6.07, 6.45) is 0.785. The van der Waals surface area contributed by atoms with Gasteiger partial charge in [-0.15, -0.1) is 0 Å². The van der Waals surface area contributed by atoms with E-state index in [0.717, 1.165) is 18.7 Å². The van der Waals surface area contributed by atoms with Crippen molar-refractivity contribution >= 4 is 12.1 Å². The maximum absolute atomic E-state index is 13.0. The molecule has 1 saturated heterocycles. The molecule has 0 radical (unpaired) electrons. The topological polar surface area (TPSA) is 76.1 Å². The van der Waals surface area contributed by atoms with Crippen molar-refractivity contribution in [3.8, 4) is 11.5 Å². The van der Waals surface area contributed by atoms with Crippen molar-refractivity contribution in [1.29, 1.82) is 0 Å². The Kier molecular flexibility index (Phi) is 6.71. The van der Waals surface area contributed by atoms with Gasteiger partial charge in [0.15, 0.2) is 12.1 Å². The molecule has 1 N–H and O–H groups in total. The van der Waals surface area contributed by atoms with Gasteiger partial charge in [-0.3, -0.25) is 9.69 Å². The minimum Gasteiger partial charge on any atom is -0.457 e. The number of hydrogen-bond donors (Lipinski definition) is 1. The maximum Gasteiger partial charge on any atom is 0.182 e. The minimum absolute atomic E-state index is 0.0718. The minimum atomic E-state index is -1.38. The van der Waals surface area contributed by atoms with Gasteiger partial charge in [0.1, 0.15) is 17.1 Å². The van der Waals surface area contributed by atoms with Crippen LogP contribution in [-0.2, 0) is 16.0 Å². The molecule has 0 bridgehead atoms. The average molecular weight is 411 g/mol. The molecule has 1 aliphatic rings. The fraction of sp³-hybridized carbons (Fsp3) is 0.417. The van der Waals surface area contributed by atoms with E-state index in [1.807, 2.05) is 26.0 Å². The number of ketones is 1. The van der Waals surface area contributed by atoms with Crippen LogP contribution in [0.5, 0.6) is 11.5 Å². The lowest BCUT2D eigenvalue weighted by Crippen LogP contribution is -2.54. The number of carbonyl (C=O) groups excluding carboxylic acids is 2. The molecule has 2 aromatic rings. The van der Waals surface area contributed by atoms with E-state index >= 15 is 0 Å². The first-order valence-electron chi connectivity index (χ1n) is 10.1. The molecule has 0 saturated carbocycles. The number of ether oxygens (including phenoxy) is 2. The van der Waals surface area contributed by atoms with Crippen molar-refractivity contribution in [1.82, 2.24) is 4.90 Å². The lowest BCUT2D eigenvalue weighted by Gasteiger charge is -2.39. The molecule has 0 aromatic heterocycles. The van der Waals surface area contributed by atoms with Gasteiger partial charge in [0.05, 0.1) is 18.8 Å².